The van der Waals surface area contributed by atoms with Crippen LogP contribution in [0.1, 0.15) is 22.8 Å². The highest BCUT2D eigenvalue weighted by atomic mass is 79.9. The molecule has 0 saturated heterocycles. The molecule has 2 nitrogen and oxygen atoms in total. The van der Waals surface area contributed by atoms with Crippen LogP contribution >= 0.6 is 15.9 Å². The summed E-state index contributed by atoms with van der Waals surface area (Å²) in [7, 11) is 0. The Balaban J connectivity index is 1.99. The number of ketones is 1. The van der Waals surface area contributed by atoms with Crippen LogP contribution in [0.15, 0.2) is 65.3 Å². The number of allylic oxidation sites excluding steroid dienone is 1. The van der Waals surface area contributed by atoms with Crippen molar-refractivity contribution in [2.24, 2.45) is 0 Å². The summed E-state index contributed by atoms with van der Waals surface area (Å²) in [5.41, 5.74) is 2.93. The van der Waals surface area contributed by atoms with Gasteiger partial charge in [-0.1, -0.05) is 35.0 Å². The fourth-order valence-electron chi connectivity index (χ4n) is 1.80. The van der Waals surface area contributed by atoms with Crippen LogP contribution in [0.4, 0.5) is 5.69 Å². The second-order valence-electron chi connectivity index (χ2n) is 4.40. The number of carbonyl (C=O) groups excluding carboxylic acids is 1. The summed E-state index contributed by atoms with van der Waals surface area (Å²) in [6.07, 6.45) is 4.22. The molecule has 0 aliphatic carbocycles. The number of hydrogen-bond acceptors (Lipinski definition) is 2. The Kier molecular flexibility index (Phi) is 5.13. The zero-order chi connectivity index (χ0) is 14.4. The monoisotopic (exact) mass is 329 g/mol. The Bertz CT molecular complexity index is 617. The molecule has 2 rings (SSSR count). The molecular weight excluding hydrogens is 314 g/mol. The Morgan fingerprint density at radius 1 is 1.20 bits per heavy atom. The zero-order valence-corrected chi connectivity index (χ0v) is 12.9. The predicted octanol–water partition coefficient (Wildman–Crippen LogP) is 4.82. The van der Waals surface area contributed by atoms with Crippen LogP contribution in [0.3, 0.4) is 0 Å². The van der Waals surface area contributed by atoms with Crippen molar-refractivity contribution in [1.29, 1.82) is 0 Å². The van der Waals surface area contributed by atoms with Crippen molar-refractivity contribution >= 4 is 27.4 Å². The molecule has 0 saturated carbocycles. The second kappa shape index (κ2) is 7.06. The van der Waals surface area contributed by atoms with Crippen molar-refractivity contribution in [3.05, 3.63) is 76.4 Å². The predicted molar refractivity (Wildman–Crippen MR) is 87.1 cm³/mol. The van der Waals surface area contributed by atoms with Gasteiger partial charge in [0, 0.05) is 28.0 Å². The molecular formula is C17H16BrNO. The zero-order valence-electron chi connectivity index (χ0n) is 11.3. The van der Waals surface area contributed by atoms with E-state index in [-0.39, 0.29) is 5.78 Å². The first kappa shape index (κ1) is 14.5. The molecule has 0 unspecified atom stereocenters. The molecule has 0 heterocycles. The van der Waals surface area contributed by atoms with Gasteiger partial charge < -0.3 is 5.32 Å². The second-order valence-corrected chi connectivity index (χ2v) is 5.32. The fourth-order valence-corrected chi connectivity index (χ4v) is 2.07. The van der Waals surface area contributed by atoms with E-state index in [0.717, 1.165) is 16.6 Å². The highest BCUT2D eigenvalue weighted by Gasteiger charge is 2.00. The summed E-state index contributed by atoms with van der Waals surface area (Å²) in [4.78, 5) is 11.9. The Morgan fingerprint density at radius 3 is 2.65 bits per heavy atom. The first-order chi connectivity index (χ1) is 9.69. The lowest BCUT2D eigenvalue weighted by Crippen LogP contribution is -1.96. The minimum atomic E-state index is -0.0170. The van der Waals surface area contributed by atoms with E-state index in [4.69, 9.17) is 0 Å². The maximum absolute atomic E-state index is 11.9. The minimum absolute atomic E-state index is 0.0170. The molecule has 0 atom stereocenters. The van der Waals surface area contributed by atoms with Crippen LogP contribution in [0, 0.1) is 0 Å². The number of hydrogen-bond donors (Lipinski definition) is 1. The van der Waals surface area contributed by atoms with Gasteiger partial charge in [0.1, 0.15) is 0 Å². The maximum atomic E-state index is 11.9. The van der Waals surface area contributed by atoms with Crippen molar-refractivity contribution < 1.29 is 4.79 Å². The number of aryl methyl sites for hydroxylation is 1. The van der Waals surface area contributed by atoms with E-state index in [0.29, 0.717) is 5.56 Å². The Labute approximate surface area is 127 Å². The molecule has 1 N–H and O–H groups in total. The highest BCUT2D eigenvalue weighted by Crippen LogP contribution is 2.12. The van der Waals surface area contributed by atoms with E-state index < -0.39 is 0 Å². The molecule has 0 aliphatic rings. The number of rotatable bonds is 5. The minimum Gasteiger partial charge on any atom is -0.362 e. The topological polar surface area (TPSA) is 29.1 Å². The molecule has 2 aromatic rings. The van der Waals surface area contributed by atoms with Crippen molar-refractivity contribution in [3.63, 3.8) is 0 Å². The number of halogens is 1. The summed E-state index contributed by atoms with van der Waals surface area (Å²) in [5.74, 6) is -0.0170. The molecule has 2 aromatic carbocycles. The van der Waals surface area contributed by atoms with Crippen LogP contribution in [0.5, 0.6) is 0 Å². The molecule has 0 aromatic heterocycles. The van der Waals surface area contributed by atoms with Crippen LogP contribution in [-0.4, -0.2) is 5.78 Å². The summed E-state index contributed by atoms with van der Waals surface area (Å²) in [6.45, 7) is 2.12. The third kappa shape index (κ3) is 4.07. The number of benzene rings is 2. The highest BCUT2D eigenvalue weighted by molar-refractivity contribution is 9.10. The van der Waals surface area contributed by atoms with Gasteiger partial charge in [0.25, 0.3) is 0 Å². The number of carbonyl (C=O) groups is 1. The quantitative estimate of drug-likeness (QED) is 0.629. The van der Waals surface area contributed by atoms with Gasteiger partial charge in [-0.3, -0.25) is 4.79 Å². The average molecular weight is 330 g/mol. The molecule has 0 spiro atoms. The van der Waals surface area contributed by atoms with E-state index in [2.05, 4.69) is 40.3 Å². The van der Waals surface area contributed by atoms with Crippen LogP contribution in [0.2, 0.25) is 0 Å². The SMILES string of the molecule is CCc1cccc(N/C=C/C(=O)c2ccc(Br)cc2)c1. The molecule has 0 fully saturated rings. The first-order valence-corrected chi connectivity index (χ1v) is 7.30. The lowest BCUT2D eigenvalue weighted by molar-refractivity contribution is 0.104. The lowest BCUT2D eigenvalue weighted by atomic mass is 10.1. The Morgan fingerprint density at radius 2 is 1.95 bits per heavy atom. The normalized spacial score (nSPS) is 10.7. The summed E-state index contributed by atoms with van der Waals surface area (Å²) >= 11 is 3.35. The molecule has 0 amide bonds. The molecule has 20 heavy (non-hydrogen) atoms. The number of nitrogens with one attached hydrogen (secondary N) is 1. The van der Waals surface area contributed by atoms with E-state index in [1.54, 1.807) is 24.4 Å². The van der Waals surface area contributed by atoms with E-state index in [1.165, 1.54) is 5.56 Å². The largest absolute Gasteiger partial charge is 0.362 e. The van der Waals surface area contributed by atoms with Gasteiger partial charge in [0.05, 0.1) is 0 Å². The van der Waals surface area contributed by atoms with Gasteiger partial charge in [-0.25, -0.2) is 0 Å². The smallest absolute Gasteiger partial charge is 0.187 e. The molecule has 0 bridgehead atoms. The van der Waals surface area contributed by atoms with Gasteiger partial charge in [-0.2, -0.15) is 0 Å². The van der Waals surface area contributed by atoms with Crippen molar-refractivity contribution in [1.82, 2.24) is 0 Å². The molecule has 0 aliphatic heterocycles. The maximum Gasteiger partial charge on any atom is 0.187 e. The van der Waals surface area contributed by atoms with Crippen molar-refractivity contribution in [2.45, 2.75) is 13.3 Å². The van der Waals surface area contributed by atoms with Crippen LogP contribution < -0.4 is 5.32 Å². The summed E-state index contributed by atoms with van der Waals surface area (Å²) in [5, 5.41) is 3.12. The van der Waals surface area contributed by atoms with Gasteiger partial charge in [0.15, 0.2) is 5.78 Å². The van der Waals surface area contributed by atoms with Gasteiger partial charge in [-0.05, 0) is 48.4 Å². The lowest BCUT2D eigenvalue weighted by Gasteiger charge is -2.03. The van der Waals surface area contributed by atoms with Crippen LogP contribution in [-0.2, 0) is 6.42 Å². The van der Waals surface area contributed by atoms with Gasteiger partial charge in [-0.15, -0.1) is 0 Å². The Hall–Kier alpha value is -1.87. The third-order valence-corrected chi connectivity index (χ3v) is 3.48. The molecule has 102 valence electrons. The van der Waals surface area contributed by atoms with E-state index >= 15 is 0 Å². The number of anilines is 1. The molecule has 3 heteroatoms. The van der Waals surface area contributed by atoms with Crippen molar-refractivity contribution in [3.8, 4) is 0 Å². The third-order valence-electron chi connectivity index (χ3n) is 2.95. The van der Waals surface area contributed by atoms with Crippen molar-refractivity contribution in [2.75, 3.05) is 5.32 Å². The van der Waals surface area contributed by atoms with E-state index in [9.17, 15) is 4.79 Å². The standard InChI is InChI=1S/C17H16BrNO/c1-2-13-4-3-5-16(12-13)19-11-10-17(20)14-6-8-15(18)9-7-14/h3-12,19H,2H2,1H3/b11-10+. The summed E-state index contributed by atoms with van der Waals surface area (Å²) in [6, 6.07) is 15.5. The average Bonchev–Trinajstić information content (AvgIpc) is 2.48. The van der Waals surface area contributed by atoms with Crippen LogP contribution in [0.25, 0.3) is 0 Å². The molecule has 0 radical (unpaired) electrons. The fraction of sp³-hybridized carbons (Fsp3) is 0.118. The first-order valence-electron chi connectivity index (χ1n) is 6.51. The van der Waals surface area contributed by atoms with Gasteiger partial charge >= 0.3 is 0 Å². The van der Waals surface area contributed by atoms with Gasteiger partial charge in [0.2, 0.25) is 0 Å². The summed E-state index contributed by atoms with van der Waals surface area (Å²) < 4.78 is 0.965. The van der Waals surface area contributed by atoms with E-state index in [1.807, 2.05) is 24.3 Å².